The Morgan fingerprint density at radius 2 is 2.07 bits per heavy atom. The van der Waals surface area contributed by atoms with Gasteiger partial charge in [0.25, 0.3) is 0 Å². The van der Waals surface area contributed by atoms with Crippen LogP contribution in [-0.4, -0.2) is 23.5 Å². The Balaban J connectivity index is 2.33. The summed E-state index contributed by atoms with van der Waals surface area (Å²) in [5.41, 5.74) is 2.86. The van der Waals surface area contributed by atoms with Gasteiger partial charge in [-0.2, -0.15) is 5.10 Å². The number of hydrogen-bond acceptors (Lipinski definition) is 6. The zero-order chi connectivity index (χ0) is 21.4. The number of hydrazone groups is 1. The first kappa shape index (κ1) is 22.5. The Hall–Kier alpha value is -2.74. The average Bonchev–Trinajstić information content (AvgIpc) is 2.65. The number of ketones is 2. The molecule has 0 saturated carbocycles. The molecule has 0 fully saturated rings. The lowest BCUT2D eigenvalue weighted by atomic mass is 9.94. The zero-order valence-electron chi connectivity index (χ0n) is 16.4. The van der Waals surface area contributed by atoms with E-state index < -0.39 is 23.0 Å². The lowest BCUT2D eigenvalue weighted by Crippen LogP contribution is -2.15. The normalized spacial score (nSPS) is 18.4. The summed E-state index contributed by atoms with van der Waals surface area (Å²) in [6, 6.07) is 2.31. The molecule has 0 atom stereocenters. The fourth-order valence-corrected chi connectivity index (χ4v) is 3.15. The van der Waals surface area contributed by atoms with E-state index in [1.807, 2.05) is 6.92 Å². The molecule has 0 saturated heterocycles. The molecule has 0 bridgehead atoms. The lowest BCUT2D eigenvalue weighted by Gasteiger charge is -2.14. The minimum absolute atomic E-state index is 0.0150. The van der Waals surface area contributed by atoms with E-state index in [4.69, 9.17) is 0 Å². The van der Waals surface area contributed by atoms with Crippen molar-refractivity contribution in [3.63, 3.8) is 0 Å². The van der Waals surface area contributed by atoms with Gasteiger partial charge in [0.15, 0.2) is 5.82 Å². The molecule has 8 heteroatoms. The molecule has 0 spiro atoms. The minimum atomic E-state index is -0.960. The SMILES string of the molecule is C=C1/C=C(CCC(C)=O)\C=N/N/C=C\1C(=O)c1c(F)ccc(NSCCC)c1F. The Kier molecular flexibility index (Phi) is 8.33. The number of nitrogens with zero attached hydrogens (tertiary/aromatic N) is 1. The van der Waals surface area contributed by atoms with Crippen LogP contribution >= 0.6 is 11.9 Å². The van der Waals surface area contributed by atoms with Crippen molar-refractivity contribution in [2.24, 2.45) is 5.10 Å². The number of hydrogen-bond donors (Lipinski definition) is 2. The van der Waals surface area contributed by atoms with Gasteiger partial charge >= 0.3 is 0 Å². The molecule has 0 unspecified atom stereocenters. The van der Waals surface area contributed by atoms with Gasteiger partial charge in [-0.25, -0.2) is 8.78 Å². The van der Waals surface area contributed by atoms with Crippen LogP contribution in [0, 0.1) is 11.6 Å². The van der Waals surface area contributed by atoms with Gasteiger partial charge < -0.3 is 9.52 Å². The summed E-state index contributed by atoms with van der Waals surface area (Å²) >= 11 is 1.27. The summed E-state index contributed by atoms with van der Waals surface area (Å²) in [6.45, 7) is 7.30. The molecule has 29 heavy (non-hydrogen) atoms. The molecular weight excluding hydrogens is 396 g/mol. The largest absolute Gasteiger partial charge is 0.327 e. The summed E-state index contributed by atoms with van der Waals surface area (Å²) in [6.07, 6.45) is 5.96. The third-order valence-electron chi connectivity index (χ3n) is 4.04. The Morgan fingerprint density at radius 3 is 2.76 bits per heavy atom. The van der Waals surface area contributed by atoms with E-state index in [-0.39, 0.29) is 22.6 Å². The molecule has 2 N–H and O–H groups in total. The molecule has 1 aromatic carbocycles. The summed E-state index contributed by atoms with van der Waals surface area (Å²) in [5.74, 6) is -2.02. The molecule has 1 aliphatic rings. The van der Waals surface area contributed by atoms with Gasteiger partial charge in [0.1, 0.15) is 11.6 Å². The number of anilines is 1. The van der Waals surface area contributed by atoms with Crippen molar-refractivity contribution in [1.29, 1.82) is 0 Å². The van der Waals surface area contributed by atoms with Crippen molar-refractivity contribution in [2.45, 2.75) is 33.1 Å². The van der Waals surface area contributed by atoms with Gasteiger partial charge in [0, 0.05) is 23.9 Å². The number of nitrogens with one attached hydrogen (secondary N) is 2. The molecule has 0 radical (unpaired) electrons. The van der Waals surface area contributed by atoms with E-state index in [0.29, 0.717) is 18.4 Å². The smallest absolute Gasteiger partial charge is 0.201 e. The molecule has 1 aromatic rings. The van der Waals surface area contributed by atoms with Gasteiger partial charge in [-0.15, -0.1) is 0 Å². The monoisotopic (exact) mass is 419 g/mol. The predicted octanol–water partition coefficient (Wildman–Crippen LogP) is 4.94. The van der Waals surface area contributed by atoms with Gasteiger partial charge in [-0.1, -0.05) is 25.5 Å². The lowest BCUT2D eigenvalue weighted by molar-refractivity contribution is -0.116. The van der Waals surface area contributed by atoms with E-state index in [1.165, 1.54) is 37.4 Å². The van der Waals surface area contributed by atoms with Crippen molar-refractivity contribution < 1.29 is 18.4 Å². The molecule has 0 amide bonds. The highest BCUT2D eigenvalue weighted by Crippen LogP contribution is 2.28. The maximum atomic E-state index is 14.9. The number of halogens is 2. The third kappa shape index (κ3) is 6.12. The van der Waals surface area contributed by atoms with E-state index in [2.05, 4.69) is 21.8 Å². The first-order valence-electron chi connectivity index (χ1n) is 9.13. The van der Waals surface area contributed by atoms with Crippen LogP contribution in [-0.2, 0) is 4.79 Å². The second-order valence-electron chi connectivity index (χ2n) is 6.46. The van der Waals surface area contributed by atoms with Crippen LogP contribution in [0.15, 0.2) is 52.8 Å². The number of benzene rings is 1. The number of allylic oxidation sites excluding steroid dienone is 4. The first-order chi connectivity index (χ1) is 13.8. The molecule has 5 nitrogen and oxygen atoms in total. The number of rotatable bonds is 9. The molecule has 2 rings (SSSR count). The van der Waals surface area contributed by atoms with E-state index in [0.717, 1.165) is 18.2 Å². The van der Waals surface area contributed by atoms with Crippen molar-refractivity contribution in [1.82, 2.24) is 5.43 Å². The van der Waals surface area contributed by atoms with Crippen LogP contribution in [0.1, 0.15) is 43.5 Å². The number of Topliss-reactive ketones (excluding diaryl/α,β-unsaturated/α-hetero) is 2. The highest BCUT2D eigenvalue weighted by Gasteiger charge is 2.25. The topological polar surface area (TPSA) is 70.6 Å². The number of carbonyl (C=O) groups is 2. The Morgan fingerprint density at radius 1 is 1.31 bits per heavy atom. The van der Waals surface area contributed by atoms with Crippen molar-refractivity contribution >= 4 is 35.4 Å². The van der Waals surface area contributed by atoms with E-state index in [1.54, 1.807) is 6.08 Å². The Labute approximate surface area is 173 Å². The van der Waals surface area contributed by atoms with Gasteiger partial charge in [0.05, 0.1) is 17.5 Å². The van der Waals surface area contributed by atoms with Crippen LogP contribution in [0.5, 0.6) is 0 Å². The quantitative estimate of drug-likeness (QED) is 0.337. The highest BCUT2D eigenvalue weighted by molar-refractivity contribution is 8.00. The second kappa shape index (κ2) is 10.7. The molecule has 0 aliphatic carbocycles. The van der Waals surface area contributed by atoms with Crippen LogP contribution < -0.4 is 10.1 Å². The van der Waals surface area contributed by atoms with Gasteiger partial charge in [0.2, 0.25) is 5.78 Å². The predicted molar refractivity (Wildman–Crippen MR) is 114 cm³/mol. The molecule has 1 heterocycles. The van der Waals surface area contributed by atoms with E-state index in [9.17, 15) is 18.4 Å². The maximum absolute atomic E-state index is 14.9. The van der Waals surface area contributed by atoms with Crippen LogP contribution in [0.4, 0.5) is 14.5 Å². The Bertz CT molecular complexity index is 907. The van der Waals surface area contributed by atoms with Gasteiger partial charge in [-0.3, -0.25) is 10.2 Å². The van der Waals surface area contributed by atoms with Crippen molar-refractivity contribution in [3.8, 4) is 0 Å². The van der Waals surface area contributed by atoms with E-state index >= 15 is 0 Å². The molecular formula is C21H23F2N3O2S. The molecule has 0 aromatic heterocycles. The molecule has 1 aliphatic heterocycles. The van der Waals surface area contributed by atoms with Crippen LogP contribution in [0.2, 0.25) is 0 Å². The second-order valence-corrected chi connectivity index (χ2v) is 7.36. The fourth-order valence-electron chi connectivity index (χ4n) is 2.53. The third-order valence-corrected chi connectivity index (χ3v) is 5.01. The zero-order valence-corrected chi connectivity index (χ0v) is 17.2. The summed E-state index contributed by atoms with van der Waals surface area (Å²) in [7, 11) is 0. The average molecular weight is 419 g/mol. The van der Waals surface area contributed by atoms with Crippen LogP contribution in [0.3, 0.4) is 0 Å². The maximum Gasteiger partial charge on any atom is 0.201 e. The van der Waals surface area contributed by atoms with Crippen LogP contribution in [0.25, 0.3) is 0 Å². The van der Waals surface area contributed by atoms with Crippen molar-refractivity contribution in [3.05, 3.63) is 64.9 Å². The molecule has 154 valence electrons. The number of carbonyl (C=O) groups excluding carboxylic acids is 2. The van der Waals surface area contributed by atoms with Gasteiger partial charge in [-0.05, 0) is 49.1 Å². The highest BCUT2D eigenvalue weighted by atomic mass is 32.2. The summed E-state index contributed by atoms with van der Waals surface area (Å²) in [5, 5.41) is 3.94. The first-order valence-corrected chi connectivity index (χ1v) is 10.1. The standard InChI is InChI=1S/C21H23F2N3O2S/c1-4-9-29-26-18-8-7-17(22)19(20(18)23)21(28)16-12-25-24-11-15(10-13(16)2)6-5-14(3)27/h7-8,10-12,25-26H,2,4-6,9H2,1,3H3/b15-10-,16-12+,24-11-. The summed E-state index contributed by atoms with van der Waals surface area (Å²) < 4.78 is 32.0. The fraction of sp³-hybridized carbons (Fsp3) is 0.286. The van der Waals surface area contributed by atoms with Crippen molar-refractivity contribution in [2.75, 3.05) is 10.5 Å². The summed E-state index contributed by atoms with van der Waals surface area (Å²) in [4.78, 5) is 24.2. The minimum Gasteiger partial charge on any atom is -0.327 e.